The molecule has 0 amide bonds. The zero-order chi connectivity index (χ0) is 23.8. The molecule has 0 bridgehead atoms. The molecule has 0 aliphatic rings. The number of ketones is 1. The Morgan fingerprint density at radius 2 is 1.84 bits per heavy atom. The molecule has 0 aliphatic carbocycles. The summed E-state index contributed by atoms with van der Waals surface area (Å²) in [5, 5.41) is 8.22. The van der Waals surface area contributed by atoms with Crippen LogP contribution in [0.1, 0.15) is 50.9 Å². The molecule has 0 saturated heterocycles. The Labute approximate surface area is 190 Å². The van der Waals surface area contributed by atoms with Gasteiger partial charge in [-0.25, -0.2) is 17.9 Å². The molecule has 3 aromatic rings. The molecule has 1 aromatic carbocycles. The Kier molecular flexibility index (Phi) is 6.56. The molecule has 9 nitrogen and oxygen atoms in total. The molecule has 0 fully saturated rings. The van der Waals surface area contributed by atoms with Crippen LogP contribution in [-0.4, -0.2) is 46.0 Å². The van der Waals surface area contributed by atoms with Crippen molar-refractivity contribution < 1.29 is 22.7 Å². The topological polar surface area (TPSA) is 113 Å². The lowest BCUT2D eigenvalue weighted by atomic mass is 10.0. The molecule has 2 heterocycles. The van der Waals surface area contributed by atoms with Gasteiger partial charge in [0.05, 0.1) is 21.8 Å². The second kappa shape index (κ2) is 8.87. The number of aromatic nitrogens is 4. The van der Waals surface area contributed by atoms with E-state index >= 15 is 0 Å². The summed E-state index contributed by atoms with van der Waals surface area (Å²) in [4.78, 5) is 26.1. The van der Waals surface area contributed by atoms with E-state index in [1.54, 1.807) is 14.0 Å². The van der Waals surface area contributed by atoms with Crippen LogP contribution < -0.4 is 4.74 Å². The Hall–Kier alpha value is -2.98. The number of sulfone groups is 1. The van der Waals surface area contributed by atoms with Crippen molar-refractivity contribution in [1.29, 1.82) is 0 Å². The summed E-state index contributed by atoms with van der Waals surface area (Å²) < 4.78 is 32.5. The first-order valence-electron chi connectivity index (χ1n) is 9.76. The van der Waals surface area contributed by atoms with Gasteiger partial charge in [0.15, 0.2) is 9.84 Å². The zero-order valence-electron chi connectivity index (χ0n) is 18.3. The standard InChI is InChI=1S/C21H23ClN4O5S/c1-6-7-13-17(32(5,29)30)9-8-14(18(13)22)19(27)15-10-23-26(4)20(15)31-21(28)16-11-25(3)24-12(16)2/h8-11H,6-7H2,1-5H3. The highest BCUT2D eigenvalue weighted by Gasteiger charge is 2.27. The Bertz CT molecular complexity index is 1320. The molecule has 32 heavy (non-hydrogen) atoms. The fourth-order valence-electron chi connectivity index (χ4n) is 3.40. The van der Waals surface area contributed by atoms with E-state index < -0.39 is 21.6 Å². The largest absolute Gasteiger partial charge is 0.403 e. The maximum Gasteiger partial charge on any atom is 0.348 e. The number of carbonyl (C=O) groups is 2. The van der Waals surface area contributed by atoms with Gasteiger partial charge in [0, 0.05) is 32.1 Å². The van der Waals surface area contributed by atoms with Gasteiger partial charge in [-0.15, -0.1) is 0 Å². The molecule has 0 atom stereocenters. The van der Waals surface area contributed by atoms with Crippen LogP contribution in [0.15, 0.2) is 29.4 Å². The molecule has 11 heteroatoms. The van der Waals surface area contributed by atoms with E-state index in [1.807, 2.05) is 6.92 Å². The molecule has 2 aromatic heterocycles. The highest BCUT2D eigenvalue weighted by atomic mass is 35.5. The average Bonchev–Trinajstić information content (AvgIpc) is 3.23. The van der Waals surface area contributed by atoms with Crippen molar-refractivity contribution in [2.75, 3.05) is 6.26 Å². The van der Waals surface area contributed by atoms with Crippen LogP contribution >= 0.6 is 11.6 Å². The maximum absolute atomic E-state index is 13.3. The van der Waals surface area contributed by atoms with E-state index in [0.29, 0.717) is 24.1 Å². The van der Waals surface area contributed by atoms with Gasteiger partial charge in [0.2, 0.25) is 11.7 Å². The third-order valence-corrected chi connectivity index (χ3v) is 6.51. The number of carbonyl (C=O) groups excluding carboxylic acids is 2. The predicted octanol–water partition coefficient (Wildman–Crippen LogP) is 2.92. The number of benzene rings is 1. The molecule has 0 aliphatic heterocycles. The number of hydrogen-bond acceptors (Lipinski definition) is 7. The van der Waals surface area contributed by atoms with E-state index in [9.17, 15) is 18.0 Å². The lowest BCUT2D eigenvalue weighted by Gasteiger charge is -2.13. The first kappa shape index (κ1) is 23.7. The van der Waals surface area contributed by atoms with Gasteiger partial charge in [0.1, 0.15) is 11.1 Å². The quantitative estimate of drug-likeness (QED) is 0.379. The van der Waals surface area contributed by atoms with Crippen LogP contribution in [-0.2, 0) is 30.4 Å². The second-order valence-electron chi connectivity index (χ2n) is 7.43. The second-order valence-corrected chi connectivity index (χ2v) is 9.80. The van der Waals surface area contributed by atoms with Gasteiger partial charge in [0.25, 0.3) is 0 Å². The maximum atomic E-state index is 13.3. The Morgan fingerprint density at radius 3 is 2.41 bits per heavy atom. The molecule has 3 rings (SSSR count). The van der Waals surface area contributed by atoms with Crippen molar-refractivity contribution in [3.05, 3.63) is 57.5 Å². The third-order valence-electron chi connectivity index (χ3n) is 4.90. The zero-order valence-corrected chi connectivity index (χ0v) is 19.9. The number of ether oxygens (including phenoxy) is 1. The van der Waals surface area contributed by atoms with Gasteiger partial charge in [-0.2, -0.15) is 10.2 Å². The van der Waals surface area contributed by atoms with Crippen molar-refractivity contribution in [3.63, 3.8) is 0 Å². The Balaban J connectivity index is 2.04. The number of rotatable bonds is 7. The van der Waals surface area contributed by atoms with E-state index in [1.165, 1.54) is 40.9 Å². The van der Waals surface area contributed by atoms with Crippen molar-refractivity contribution in [2.24, 2.45) is 14.1 Å². The molecule has 0 saturated carbocycles. The molecule has 0 spiro atoms. The first-order chi connectivity index (χ1) is 15.0. The van der Waals surface area contributed by atoms with Crippen LogP contribution in [0, 0.1) is 6.92 Å². The summed E-state index contributed by atoms with van der Waals surface area (Å²) in [5.41, 5.74) is 1.25. The van der Waals surface area contributed by atoms with E-state index in [4.69, 9.17) is 16.3 Å². The summed E-state index contributed by atoms with van der Waals surface area (Å²) in [6.07, 6.45) is 4.92. The fraction of sp³-hybridized carbons (Fsp3) is 0.333. The minimum Gasteiger partial charge on any atom is -0.403 e. The van der Waals surface area contributed by atoms with Crippen molar-refractivity contribution in [2.45, 2.75) is 31.6 Å². The third kappa shape index (κ3) is 4.46. The van der Waals surface area contributed by atoms with E-state index in [2.05, 4.69) is 10.2 Å². The highest BCUT2D eigenvalue weighted by Crippen LogP contribution is 2.32. The van der Waals surface area contributed by atoms with Gasteiger partial charge >= 0.3 is 5.97 Å². The van der Waals surface area contributed by atoms with E-state index in [-0.39, 0.29) is 32.5 Å². The molecular weight excluding hydrogens is 456 g/mol. The Morgan fingerprint density at radius 1 is 1.16 bits per heavy atom. The van der Waals surface area contributed by atoms with Gasteiger partial charge in [-0.05, 0) is 31.0 Å². The number of aryl methyl sites for hydroxylation is 3. The monoisotopic (exact) mass is 478 g/mol. The summed E-state index contributed by atoms with van der Waals surface area (Å²) in [6, 6.07) is 2.74. The molecule has 0 N–H and O–H groups in total. The minimum atomic E-state index is -3.53. The number of hydrogen-bond donors (Lipinski definition) is 0. The lowest BCUT2D eigenvalue weighted by molar-refractivity contribution is 0.0717. The van der Waals surface area contributed by atoms with Crippen LogP contribution in [0.2, 0.25) is 5.02 Å². The SMILES string of the molecule is CCCc1c(S(C)(=O)=O)ccc(C(=O)c2cnn(C)c2OC(=O)c2cn(C)nc2C)c1Cl. The van der Waals surface area contributed by atoms with Crippen LogP contribution in [0.3, 0.4) is 0 Å². The summed E-state index contributed by atoms with van der Waals surface area (Å²) in [5.74, 6) is -1.27. The number of esters is 1. The summed E-state index contributed by atoms with van der Waals surface area (Å²) in [6.45, 7) is 3.56. The molecule has 0 unspecified atom stereocenters. The molecule has 170 valence electrons. The van der Waals surface area contributed by atoms with Gasteiger partial charge in [-0.3, -0.25) is 9.48 Å². The molecular formula is C21H23ClN4O5S. The fourth-order valence-corrected chi connectivity index (χ4v) is 4.77. The van der Waals surface area contributed by atoms with Gasteiger partial charge < -0.3 is 4.74 Å². The normalized spacial score (nSPS) is 11.6. The smallest absolute Gasteiger partial charge is 0.348 e. The average molecular weight is 479 g/mol. The van der Waals surface area contributed by atoms with Crippen molar-refractivity contribution in [1.82, 2.24) is 19.6 Å². The first-order valence-corrected chi connectivity index (χ1v) is 12.0. The number of halogens is 1. The summed E-state index contributed by atoms with van der Waals surface area (Å²) in [7, 11) is -0.314. The van der Waals surface area contributed by atoms with Crippen LogP contribution in [0.4, 0.5) is 0 Å². The summed E-state index contributed by atoms with van der Waals surface area (Å²) >= 11 is 6.50. The number of nitrogens with zero attached hydrogens (tertiary/aromatic N) is 4. The predicted molar refractivity (Wildman–Crippen MR) is 118 cm³/mol. The van der Waals surface area contributed by atoms with Crippen molar-refractivity contribution >= 4 is 33.2 Å². The van der Waals surface area contributed by atoms with Crippen LogP contribution in [0.25, 0.3) is 0 Å². The lowest BCUT2D eigenvalue weighted by Crippen LogP contribution is -2.15. The minimum absolute atomic E-state index is 0.0267. The van der Waals surface area contributed by atoms with Crippen molar-refractivity contribution in [3.8, 4) is 5.88 Å². The molecule has 0 radical (unpaired) electrons. The van der Waals surface area contributed by atoms with Crippen LogP contribution in [0.5, 0.6) is 5.88 Å². The van der Waals surface area contributed by atoms with Gasteiger partial charge in [-0.1, -0.05) is 24.9 Å². The highest BCUT2D eigenvalue weighted by molar-refractivity contribution is 7.90. The van der Waals surface area contributed by atoms with E-state index in [0.717, 1.165) is 6.26 Å².